The van der Waals surface area contributed by atoms with Gasteiger partial charge in [-0.2, -0.15) is 10.8 Å². The number of hydrogen-bond donors (Lipinski definition) is 4. The Labute approximate surface area is 771 Å². The fraction of sp³-hybridized carbons (Fsp3) is 0.713. The van der Waals surface area contributed by atoms with E-state index in [0.717, 1.165) is 163 Å². The van der Waals surface area contributed by atoms with Gasteiger partial charge < -0.3 is 42.7 Å². The number of alkyl halides is 3. The van der Waals surface area contributed by atoms with Gasteiger partial charge in [0, 0.05) is 107 Å². The molecule has 6 heterocycles. The van der Waals surface area contributed by atoms with Gasteiger partial charge in [-0.25, -0.2) is 0 Å². The van der Waals surface area contributed by atoms with Crippen LogP contribution in [0.15, 0.2) is 98.1 Å². The van der Waals surface area contributed by atoms with Crippen LogP contribution in [0.3, 0.4) is 0 Å². The van der Waals surface area contributed by atoms with E-state index in [1.54, 1.807) is 18.2 Å². The number of rotatable bonds is 5. The molecule has 26 atom stereocenters. The third-order valence-electron chi connectivity index (χ3n) is 38.5. The van der Waals surface area contributed by atoms with Crippen LogP contribution in [-0.2, 0) is 95.8 Å². The van der Waals surface area contributed by atoms with Crippen LogP contribution in [0.5, 0.6) is 0 Å². The van der Waals surface area contributed by atoms with Gasteiger partial charge in [0.05, 0.1) is 38.1 Å². The average molecular weight is 1850 g/mol. The molecule has 0 amide bonds. The van der Waals surface area contributed by atoms with E-state index < -0.39 is 38.3 Å². The van der Waals surface area contributed by atoms with E-state index in [1.165, 1.54) is 36.5 Å². The van der Waals surface area contributed by atoms with Gasteiger partial charge in [0.1, 0.15) is 39.5 Å². The van der Waals surface area contributed by atoms with E-state index in [0.29, 0.717) is 82.5 Å². The van der Waals surface area contributed by atoms with Gasteiger partial charge in [0.15, 0.2) is 23.1 Å². The molecule has 0 radical (unpaired) electrons. The lowest BCUT2D eigenvalue weighted by atomic mass is 9.43. The number of ketones is 4. The summed E-state index contributed by atoms with van der Waals surface area (Å²) in [5, 5.41) is 22.1. The Morgan fingerprint density at radius 3 is 1.20 bits per heavy atom. The first-order valence-electron chi connectivity index (χ1n) is 46.4. The van der Waals surface area contributed by atoms with Crippen molar-refractivity contribution in [3.05, 3.63) is 105 Å². The van der Waals surface area contributed by atoms with E-state index in [1.807, 2.05) is 13.0 Å². The lowest BCUT2D eigenvalue weighted by Gasteiger charge is -2.58. The third kappa shape index (κ3) is 14.6. The van der Waals surface area contributed by atoms with Crippen molar-refractivity contribution in [1.82, 2.24) is 0 Å². The molecular weight excluding hydrogens is 1720 g/mol. The van der Waals surface area contributed by atoms with Crippen molar-refractivity contribution in [3.8, 4) is 0 Å². The Morgan fingerprint density at radius 1 is 0.457 bits per heavy atom. The number of carboxylic acids is 1. The normalized spacial score (nSPS) is 44.1. The highest BCUT2D eigenvalue weighted by Crippen LogP contribution is 2.80. The molecule has 5 saturated heterocycles. The minimum atomic E-state index is -1.88. The standard InChI is InChI=1S/C27H32O4.C24H30O6.C24H30O5.C23H28O5.CH2Cl3NO2.2CH4.H2O2/c1-16-4-5-22(30-16)19-15-17-14-18(28)6-10-25(17,2)20-7-11-26(3)21(24(19)20)8-12-27(26)13-9-23(29)31-27;1-21-7-4-14(25)10-13(21)11-15(20(27)28-3)19-16-5-8-23(9-6-18(26)30-23)22(16,2)12-17-24(19,21)29-17;1-22-8-4-15(25)12-14(22)13-16(21(27)28-3)20-17(22)5-9-23(2)18(20)6-10-24(23)11-7-19(26)29-24;1-21-7-3-14(24)11-13(21)12-15(20(26)27)19-16(21)4-8-22(2)17(19)5-9-23(22)10-6-18(25)28-23;2-1(3,4)6-7-5;;;1-2/h4-5,7,14,19,21,24H,6,8-13,15H2,1-3H3;10,15-17,19H,4-9,11-12H2,1-3H3;5,12,16,18,20H,4,6-11,13H2,1-3H3;4,11,15,17,19H,3,5-10,12H2,1-2H3,(H,26,27);5H2;2*1H4;1-2H/t19-,21?,24?,25-,26-,27+;15-,16?,17-,19?,21+,22+,23-,24-;16-,18?,20?,22+,23+,24-;15-,17?,19?,21+,22+,23-;;;;/m0111..../s1. The number of esters is 6. The van der Waals surface area contributed by atoms with Crippen LogP contribution in [0.4, 0.5) is 0 Å². The second-order valence-electron chi connectivity index (χ2n) is 43.0. The van der Waals surface area contributed by atoms with Crippen molar-refractivity contribution in [2.45, 2.75) is 327 Å². The molecule has 0 bridgehead atoms. The molecule has 5 spiro atoms. The van der Waals surface area contributed by atoms with Crippen molar-refractivity contribution >= 4 is 99.7 Å². The zero-order chi connectivity index (χ0) is 91.1. The number of methoxy groups -OCH3 is 2. The summed E-state index contributed by atoms with van der Waals surface area (Å²) in [6.07, 6.45) is 38.5. The highest BCUT2D eigenvalue weighted by atomic mass is 35.6. The van der Waals surface area contributed by atoms with Gasteiger partial charge >= 0.3 is 45.8 Å². The monoisotopic (exact) mass is 1850 g/mol. The van der Waals surface area contributed by atoms with E-state index in [-0.39, 0.29) is 182 Å². The maximum Gasteiger partial charge on any atom is 0.328 e. The van der Waals surface area contributed by atoms with Gasteiger partial charge in [-0.1, -0.05) is 162 Å². The predicted octanol–water partition coefficient (Wildman–Crippen LogP) is 19.1. The van der Waals surface area contributed by atoms with Crippen molar-refractivity contribution in [3.63, 3.8) is 0 Å². The first-order chi connectivity index (χ1) is 60.0. The minimum absolute atomic E-state index is 0. The molecule has 1 aromatic heterocycles. The van der Waals surface area contributed by atoms with E-state index in [2.05, 4.69) is 102 Å². The zero-order valence-corrected chi connectivity index (χ0v) is 77.2. The lowest BCUT2D eigenvalue weighted by molar-refractivity contribution is -0.305. The number of nitrogens with two attached hydrogens (primary N) is 1. The van der Waals surface area contributed by atoms with E-state index in [4.69, 9.17) is 82.9 Å². The topological polar surface area (TPSA) is 374 Å². The molecule has 8 unspecified atom stereocenters. The average Bonchev–Trinajstić information content (AvgIpc) is 1.47. The fourth-order valence-electron chi connectivity index (χ4n) is 31.7. The van der Waals surface area contributed by atoms with Crippen LogP contribution in [0.25, 0.3) is 0 Å². The van der Waals surface area contributed by atoms with Crippen LogP contribution in [0, 0.1) is 115 Å². The summed E-state index contributed by atoms with van der Waals surface area (Å²) in [4.78, 5) is 143. The molecule has 0 aromatic carbocycles. The Bertz CT molecular complexity index is 5040. The van der Waals surface area contributed by atoms with Crippen LogP contribution < -0.4 is 5.90 Å². The number of carbonyl (C=O) groups excluding carboxylic acids is 10. The fourth-order valence-corrected chi connectivity index (χ4v) is 31.8. The number of epoxide rings is 1. The number of halogens is 3. The molecule has 16 aliphatic carbocycles. The molecule has 5 aliphatic heterocycles. The Hall–Kier alpha value is -6.94. The summed E-state index contributed by atoms with van der Waals surface area (Å²) in [6.45, 7) is 20.2. The van der Waals surface area contributed by atoms with Gasteiger partial charge in [-0.05, 0) is 239 Å². The number of aryl methyl sites for hydroxylation is 1. The molecule has 22 rings (SSSR count). The van der Waals surface area contributed by atoms with Crippen molar-refractivity contribution in [2.24, 2.45) is 114 Å². The van der Waals surface area contributed by atoms with E-state index in [9.17, 15) is 57.8 Å². The second kappa shape index (κ2) is 33.8. The zero-order valence-electron chi connectivity index (χ0n) is 75.0. The number of carboxylic acid groups (broad SMARTS) is 1. The molecule has 14 fully saturated rings. The molecular formula is C101H132Cl3NO24. The molecule has 1 aromatic rings. The number of hydrogen-bond acceptors (Lipinski definition) is 24. The molecule has 25 nitrogen and oxygen atoms in total. The highest BCUT2D eigenvalue weighted by Gasteiger charge is 2.84. The van der Waals surface area contributed by atoms with Crippen LogP contribution in [-0.4, -0.2) is 133 Å². The Morgan fingerprint density at radius 2 is 0.822 bits per heavy atom. The van der Waals surface area contributed by atoms with Crippen molar-refractivity contribution in [1.29, 1.82) is 0 Å². The summed E-state index contributed by atoms with van der Waals surface area (Å²) in [7, 11) is 2.90. The maximum absolute atomic E-state index is 13.0. The van der Waals surface area contributed by atoms with Crippen molar-refractivity contribution < 1.29 is 116 Å². The van der Waals surface area contributed by atoms with Crippen LogP contribution in [0.2, 0.25) is 0 Å². The smallest absolute Gasteiger partial charge is 0.328 e. The summed E-state index contributed by atoms with van der Waals surface area (Å²) < 4.78 is 45.5. The molecule has 9 saturated carbocycles. The maximum atomic E-state index is 13.0. The van der Waals surface area contributed by atoms with E-state index >= 15 is 0 Å². The number of allylic oxidation sites excluding steroid dienone is 12. The minimum Gasteiger partial charge on any atom is -0.481 e. The largest absolute Gasteiger partial charge is 0.481 e. The van der Waals surface area contributed by atoms with Gasteiger partial charge in [-0.15, -0.1) is 4.99 Å². The van der Waals surface area contributed by atoms with Gasteiger partial charge in [0.2, 0.25) is 0 Å². The Balaban J connectivity index is 0.000000127. The summed E-state index contributed by atoms with van der Waals surface area (Å²) >= 11 is 14.8. The van der Waals surface area contributed by atoms with Gasteiger partial charge in [0.25, 0.3) is 0 Å². The number of fused-ring (bicyclic) bond motifs is 22. The molecule has 28 heteroatoms. The van der Waals surface area contributed by atoms with Crippen molar-refractivity contribution in [2.75, 3.05) is 14.2 Å². The Kier molecular flexibility index (Phi) is 25.4. The summed E-state index contributed by atoms with van der Waals surface area (Å²) in [5.74, 6) is 6.33. The quantitative estimate of drug-likeness (QED) is 0.0404. The summed E-state index contributed by atoms with van der Waals surface area (Å²) in [6, 6.07) is 4.20. The number of carbonyl (C=O) groups is 11. The first-order valence-corrected chi connectivity index (χ1v) is 47.5. The predicted molar refractivity (Wildman–Crippen MR) is 474 cm³/mol. The molecule has 129 heavy (non-hydrogen) atoms. The summed E-state index contributed by atoms with van der Waals surface area (Å²) in [5.41, 5.74) is 5.38. The lowest BCUT2D eigenvalue weighted by Crippen LogP contribution is -2.63. The first kappa shape index (κ1) is 96.6. The molecule has 706 valence electrons. The second-order valence-corrected chi connectivity index (χ2v) is 45.2. The number of ether oxygens (including phenoxy) is 7. The molecule has 21 aliphatic rings. The highest BCUT2D eigenvalue weighted by molar-refractivity contribution is 6.66. The molecule has 5 N–H and O–H groups in total. The number of aliphatic carboxylic acids is 1. The number of furan rings is 1. The SMILES string of the molecule is C.C.COC(=O)[C@@H]1CC2=CC(=O)CC[C@]2(C)C2=CC[C@@]3(C)C(CC[C@@]34CCC(=O)O4)C21.COC(=O)[C@@H]1CC2=CC(=O)CC[C@]2(C)[C@@]23O[C@@H]2C[C@@]2(C)C(CC[C@@]24CCC(=O)O4)C13.C[C@]12CCC(=O)C=C1C[C@@H](C(=O)O)C1C2=CC[C@@]2(C)C1CC[C@@]21CCC(=O)O1.Cc1ccc([C@@H]2CC3=CC(=O)CC[C@]3(C)C3=CC[C@@]4(C)C(CC[C@@]45CCC(=O)O5)C32)o1.NOOC(Cl)(Cl)Cl.OO. The third-order valence-corrected chi connectivity index (χ3v) is 38.7. The van der Waals surface area contributed by atoms with Crippen LogP contribution in [0.1, 0.15) is 293 Å². The van der Waals surface area contributed by atoms with Gasteiger partial charge in [-0.3, -0.25) is 63.3 Å². The van der Waals surface area contributed by atoms with Crippen LogP contribution >= 0.6 is 34.8 Å².